The van der Waals surface area contributed by atoms with E-state index in [1.165, 1.54) is 11.3 Å². The molecule has 0 aromatic heterocycles. The van der Waals surface area contributed by atoms with Crippen molar-refractivity contribution >= 4 is 11.6 Å². The number of nitrogens with zero attached hydrogens (tertiary/aromatic N) is 1. The topological polar surface area (TPSA) is 41.6 Å². The van der Waals surface area contributed by atoms with E-state index in [-0.39, 0.29) is 5.91 Å². The number of methoxy groups -OCH3 is 1. The third-order valence-electron chi connectivity index (χ3n) is 4.55. The Kier molecular flexibility index (Phi) is 5.16. The summed E-state index contributed by atoms with van der Waals surface area (Å²) in [7, 11) is 1.64. The first-order valence-electron chi connectivity index (χ1n) is 8.40. The number of hydrogen-bond donors (Lipinski definition) is 1. The van der Waals surface area contributed by atoms with Gasteiger partial charge < -0.3 is 15.0 Å². The van der Waals surface area contributed by atoms with Crippen molar-refractivity contribution in [1.82, 2.24) is 5.32 Å². The summed E-state index contributed by atoms with van der Waals surface area (Å²) in [5, 5.41) is 3.04. The maximum atomic E-state index is 12.5. The molecule has 2 aromatic rings. The van der Waals surface area contributed by atoms with Gasteiger partial charge in [-0.2, -0.15) is 0 Å². The number of amides is 1. The van der Waals surface area contributed by atoms with E-state index >= 15 is 0 Å². The van der Waals surface area contributed by atoms with Crippen molar-refractivity contribution in [3.05, 3.63) is 65.2 Å². The predicted molar refractivity (Wildman–Crippen MR) is 96.4 cm³/mol. The first kappa shape index (κ1) is 16.5. The molecule has 0 unspecified atom stereocenters. The van der Waals surface area contributed by atoms with E-state index in [4.69, 9.17) is 4.74 Å². The van der Waals surface area contributed by atoms with Gasteiger partial charge >= 0.3 is 0 Å². The van der Waals surface area contributed by atoms with Crippen molar-refractivity contribution in [3.8, 4) is 0 Å². The molecular formula is C20H24N2O2. The van der Waals surface area contributed by atoms with Crippen molar-refractivity contribution in [2.75, 3.05) is 25.1 Å². The van der Waals surface area contributed by atoms with E-state index < -0.39 is 0 Å². The summed E-state index contributed by atoms with van der Waals surface area (Å²) < 4.78 is 5.17. The average Bonchev–Trinajstić information content (AvgIpc) is 2.91. The summed E-state index contributed by atoms with van der Waals surface area (Å²) in [5.74, 6) is -0.0391. The third kappa shape index (κ3) is 3.44. The molecule has 1 aliphatic rings. The maximum Gasteiger partial charge on any atom is 0.251 e. The van der Waals surface area contributed by atoms with E-state index in [0.717, 1.165) is 18.5 Å². The monoisotopic (exact) mass is 324 g/mol. The number of ether oxygens (including phenoxy) is 1. The van der Waals surface area contributed by atoms with Crippen LogP contribution in [0.1, 0.15) is 28.4 Å². The van der Waals surface area contributed by atoms with Crippen molar-refractivity contribution in [3.63, 3.8) is 0 Å². The van der Waals surface area contributed by atoms with Crippen LogP contribution in [0.3, 0.4) is 0 Å². The molecule has 1 heterocycles. The SMILES string of the molecule is COCc1ccccc1C(=O)NCCN1c2ccccc2C[C@@H]1C. The molecule has 0 radical (unpaired) electrons. The minimum Gasteiger partial charge on any atom is -0.380 e. The van der Waals surface area contributed by atoms with Crippen LogP contribution in [0.25, 0.3) is 0 Å². The quantitative estimate of drug-likeness (QED) is 0.888. The minimum absolute atomic E-state index is 0.0391. The van der Waals surface area contributed by atoms with Crippen LogP contribution in [0.4, 0.5) is 5.69 Å². The Morgan fingerprint density at radius 1 is 1.21 bits per heavy atom. The average molecular weight is 324 g/mol. The van der Waals surface area contributed by atoms with Gasteiger partial charge in [-0.3, -0.25) is 4.79 Å². The molecule has 0 spiro atoms. The second-order valence-electron chi connectivity index (χ2n) is 6.22. The van der Waals surface area contributed by atoms with Crippen LogP contribution in [0, 0.1) is 0 Å². The van der Waals surface area contributed by atoms with Crippen LogP contribution in [-0.2, 0) is 17.8 Å². The van der Waals surface area contributed by atoms with Crippen LogP contribution in [-0.4, -0.2) is 32.1 Å². The lowest BCUT2D eigenvalue weighted by molar-refractivity contribution is 0.0949. The van der Waals surface area contributed by atoms with E-state index in [1.54, 1.807) is 7.11 Å². The molecule has 0 saturated carbocycles. The van der Waals surface area contributed by atoms with Gasteiger partial charge in [0.25, 0.3) is 5.91 Å². The van der Waals surface area contributed by atoms with Crippen molar-refractivity contribution in [1.29, 1.82) is 0 Å². The van der Waals surface area contributed by atoms with Crippen LogP contribution in [0.15, 0.2) is 48.5 Å². The highest BCUT2D eigenvalue weighted by Gasteiger charge is 2.25. The number of para-hydroxylation sites is 1. The highest BCUT2D eigenvalue weighted by molar-refractivity contribution is 5.95. The normalized spacial score (nSPS) is 16.1. The zero-order chi connectivity index (χ0) is 16.9. The van der Waals surface area contributed by atoms with Crippen LogP contribution < -0.4 is 10.2 Å². The zero-order valence-corrected chi connectivity index (χ0v) is 14.3. The molecule has 3 rings (SSSR count). The van der Waals surface area contributed by atoms with Crippen molar-refractivity contribution < 1.29 is 9.53 Å². The van der Waals surface area contributed by atoms with Gasteiger partial charge in [-0.25, -0.2) is 0 Å². The second kappa shape index (κ2) is 7.49. The van der Waals surface area contributed by atoms with Gasteiger partial charge in [0, 0.05) is 37.5 Å². The van der Waals surface area contributed by atoms with E-state index in [1.807, 2.05) is 24.3 Å². The van der Waals surface area contributed by atoms with Gasteiger partial charge in [0.15, 0.2) is 0 Å². The molecule has 4 heteroatoms. The number of carbonyl (C=O) groups excluding carboxylic acids is 1. The first-order chi connectivity index (χ1) is 11.7. The summed E-state index contributed by atoms with van der Waals surface area (Å²) in [6, 6.07) is 16.6. The van der Waals surface area contributed by atoms with Gasteiger partial charge in [-0.15, -0.1) is 0 Å². The Labute approximate surface area is 143 Å². The Balaban J connectivity index is 1.60. The molecule has 1 N–H and O–H groups in total. The lowest BCUT2D eigenvalue weighted by Gasteiger charge is -2.25. The van der Waals surface area contributed by atoms with Crippen molar-refractivity contribution in [2.45, 2.75) is 26.0 Å². The molecule has 0 fully saturated rings. The number of rotatable bonds is 6. The number of anilines is 1. The summed E-state index contributed by atoms with van der Waals surface area (Å²) in [4.78, 5) is 14.8. The summed E-state index contributed by atoms with van der Waals surface area (Å²) in [6.07, 6.45) is 1.07. The molecule has 2 aromatic carbocycles. The van der Waals surface area contributed by atoms with Crippen molar-refractivity contribution in [2.24, 2.45) is 0 Å². The molecule has 0 aliphatic carbocycles. The summed E-state index contributed by atoms with van der Waals surface area (Å²) >= 11 is 0. The standard InChI is InChI=1S/C20H24N2O2/c1-15-13-16-7-4-6-10-19(16)22(15)12-11-21-20(23)18-9-5-3-8-17(18)14-24-2/h3-10,15H,11-14H2,1-2H3,(H,21,23)/t15-/m0/s1. The number of carbonyl (C=O) groups is 1. The summed E-state index contributed by atoms with van der Waals surface area (Å²) in [6.45, 7) is 4.12. The summed E-state index contributed by atoms with van der Waals surface area (Å²) in [5.41, 5.74) is 4.28. The number of benzene rings is 2. The maximum absolute atomic E-state index is 12.5. The van der Waals surface area contributed by atoms with Gasteiger partial charge in [-0.1, -0.05) is 36.4 Å². The molecule has 126 valence electrons. The van der Waals surface area contributed by atoms with Gasteiger partial charge in [-0.05, 0) is 36.6 Å². The zero-order valence-electron chi connectivity index (χ0n) is 14.3. The van der Waals surface area contributed by atoms with E-state index in [0.29, 0.717) is 24.8 Å². The molecular weight excluding hydrogens is 300 g/mol. The Hall–Kier alpha value is -2.33. The smallest absolute Gasteiger partial charge is 0.251 e. The Morgan fingerprint density at radius 2 is 1.96 bits per heavy atom. The first-order valence-corrected chi connectivity index (χ1v) is 8.40. The molecule has 1 aliphatic heterocycles. The molecule has 0 bridgehead atoms. The highest BCUT2D eigenvalue weighted by atomic mass is 16.5. The lowest BCUT2D eigenvalue weighted by Crippen LogP contribution is -2.38. The van der Waals surface area contributed by atoms with E-state index in [9.17, 15) is 4.79 Å². The predicted octanol–water partition coefficient (Wildman–Crippen LogP) is 3.01. The second-order valence-corrected chi connectivity index (χ2v) is 6.22. The minimum atomic E-state index is -0.0391. The van der Waals surface area contributed by atoms with Crippen LogP contribution in [0.5, 0.6) is 0 Å². The number of hydrogen-bond acceptors (Lipinski definition) is 3. The third-order valence-corrected chi connectivity index (χ3v) is 4.55. The lowest BCUT2D eigenvalue weighted by atomic mass is 10.1. The molecule has 24 heavy (non-hydrogen) atoms. The molecule has 1 amide bonds. The molecule has 4 nitrogen and oxygen atoms in total. The Morgan fingerprint density at radius 3 is 2.79 bits per heavy atom. The highest BCUT2D eigenvalue weighted by Crippen LogP contribution is 2.31. The van der Waals surface area contributed by atoms with Gasteiger partial charge in [0.1, 0.15) is 0 Å². The van der Waals surface area contributed by atoms with Gasteiger partial charge in [0.05, 0.1) is 6.61 Å². The fourth-order valence-corrected chi connectivity index (χ4v) is 3.38. The number of nitrogens with one attached hydrogen (secondary N) is 1. The van der Waals surface area contributed by atoms with Gasteiger partial charge in [0.2, 0.25) is 0 Å². The van der Waals surface area contributed by atoms with Crippen LogP contribution >= 0.6 is 0 Å². The largest absolute Gasteiger partial charge is 0.380 e. The fourth-order valence-electron chi connectivity index (χ4n) is 3.38. The molecule has 0 saturated heterocycles. The molecule has 1 atom stereocenters. The Bertz CT molecular complexity index is 714. The fraction of sp³-hybridized carbons (Fsp3) is 0.350. The van der Waals surface area contributed by atoms with E-state index in [2.05, 4.69) is 41.4 Å². The van der Waals surface area contributed by atoms with Crippen LogP contribution in [0.2, 0.25) is 0 Å². The number of fused-ring (bicyclic) bond motifs is 1.